The van der Waals surface area contributed by atoms with Crippen LogP contribution in [-0.4, -0.2) is 37.0 Å². The highest BCUT2D eigenvalue weighted by atomic mass is 16.6. The summed E-state index contributed by atoms with van der Waals surface area (Å²) in [6.45, 7) is 2.65. The van der Waals surface area contributed by atoms with Crippen molar-refractivity contribution >= 4 is 5.69 Å². The molecule has 0 aliphatic heterocycles. The zero-order chi connectivity index (χ0) is 14.3. The van der Waals surface area contributed by atoms with Gasteiger partial charge >= 0.3 is 0 Å². The normalized spacial score (nSPS) is 10.3. The van der Waals surface area contributed by atoms with E-state index in [1.165, 1.54) is 19.2 Å². The highest BCUT2D eigenvalue weighted by Gasteiger charge is 2.19. The molecule has 0 amide bonds. The minimum absolute atomic E-state index is 0.180. The van der Waals surface area contributed by atoms with Crippen LogP contribution in [-0.2, 0) is 11.3 Å². The van der Waals surface area contributed by atoms with Crippen molar-refractivity contribution in [1.29, 1.82) is 0 Å². The van der Waals surface area contributed by atoms with Gasteiger partial charge in [0.2, 0.25) is 0 Å². The highest BCUT2D eigenvalue weighted by Crippen LogP contribution is 2.34. The third-order valence-corrected chi connectivity index (χ3v) is 2.42. The molecule has 0 aromatic heterocycles. The highest BCUT2D eigenvalue weighted by molar-refractivity contribution is 5.54. The zero-order valence-electron chi connectivity index (χ0n) is 10.9. The minimum atomic E-state index is -0.569. The van der Waals surface area contributed by atoms with E-state index in [1.54, 1.807) is 0 Å². The Hall–Kier alpha value is -1.86. The summed E-state index contributed by atoms with van der Waals surface area (Å²) >= 11 is 0. The van der Waals surface area contributed by atoms with Crippen LogP contribution in [0.3, 0.4) is 0 Å². The molecule has 7 nitrogen and oxygen atoms in total. The molecular formula is C12H17NO6. The van der Waals surface area contributed by atoms with Crippen molar-refractivity contribution in [1.82, 2.24) is 0 Å². The number of methoxy groups -OCH3 is 1. The SMILES string of the molecule is CCOCCOc1cc([N+](=O)[O-])c(CO)cc1OC. The fourth-order valence-corrected chi connectivity index (χ4v) is 1.52. The zero-order valence-corrected chi connectivity index (χ0v) is 10.9. The lowest BCUT2D eigenvalue weighted by molar-refractivity contribution is -0.385. The Bertz CT molecular complexity index is 434. The molecule has 19 heavy (non-hydrogen) atoms. The predicted octanol–water partition coefficient (Wildman–Crippen LogP) is 1.51. The molecule has 0 unspecified atom stereocenters. The van der Waals surface area contributed by atoms with Crippen LogP contribution in [0.4, 0.5) is 5.69 Å². The van der Waals surface area contributed by atoms with E-state index >= 15 is 0 Å². The summed E-state index contributed by atoms with van der Waals surface area (Å²) in [5, 5.41) is 20.0. The molecule has 0 aliphatic rings. The van der Waals surface area contributed by atoms with E-state index in [9.17, 15) is 10.1 Å². The molecular weight excluding hydrogens is 254 g/mol. The maximum absolute atomic E-state index is 10.9. The van der Waals surface area contributed by atoms with Gasteiger partial charge in [0, 0.05) is 6.61 Å². The topological polar surface area (TPSA) is 91.1 Å². The van der Waals surface area contributed by atoms with Gasteiger partial charge in [0.15, 0.2) is 11.5 Å². The summed E-state index contributed by atoms with van der Waals surface area (Å²) in [5.74, 6) is 0.595. The molecule has 0 saturated carbocycles. The van der Waals surface area contributed by atoms with Crippen molar-refractivity contribution in [3.63, 3.8) is 0 Å². The molecule has 1 rings (SSSR count). The molecule has 0 saturated heterocycles. The maximum atomic E-state index is 10.9. The number of nitro groups is 1. The van der Waals surface area contributed by atoms with E-state index in [-0.39, 0.29) is 23.6 Å². The van der Waals surface area contributed by atoms with Crippen molar-refractivity contribution in [2.24, 2.45) is 0 Å². The first kappa shape index (κ1) is 15.2. The van der Waals surface area contributed by atoms with Crippen molar-refractivity contribution < 1.29 is 24.2 Å². The van der Waals surface area contributed by atoms with Gasteiger partial charge in [-0.05, 0) is 13.0 Å². The van der Waals surface area contributed by atoms with E-state index in [1.807, 2.05) is 6.92 Å². The average Bonchev–Trinajstić information content (AvgIpc) is 2.42. The minimum Gasteiger partial charge on any atom is -0.493 e. The molecule has 0 bridgehead atoms. The monoisotopic (exact) mass is 271 g/mol. The fourth-order valence-electron chi connectivity index (χ4n) is 1.52. The van der Waals surface area contributed by atoms with Crippen molar-refractivity contribution in [3.05, 3.63) is 27.8 Å². The number of aliphatic hydroxyl groups excluding tert-OH is 1. The number of aliphatic hydroxyl groups is 1. The average molecular weight is 271 g/mol. The van der Waals surface area contributed by atoms with Gasteiger partial charge in [0.25, 0.3) is 5.69 Å². The summed E-state index contributed by atoms with van der Waals surface area (Å²) in [6, 6.07) is 2.64. The number of nitro benzene ring substituents is 1. The van der Waals surface area contributed by atoms with Gasteiger partial charge in [-0.15, -0.1) is 0 Å². The van der Waals surface area contributed by atoms with Gasteiger partial charge in [-0.3, -0.25) is 10.1 Å². The molecule has 0 heterocycles. The predicted molar refractivity (Wildman–Crippen MR) is 67.6 cm³/mol. The van der Waals surface area contributed by atoms with Gasteiger partial charge in [-0.2, -0.15) is 0 Å². The smallest absolute Gasteiger partial charge is 0.278 e. The molecule has 0 atom stereocenters. The molecule has 1 aromatic carbocycles. The lowest BCUT2D eigenvalue weighted by Gasteiger charge is -2.12. The van der Waals surface area contributed by atoms with E-state index in [0.29, 0.717) is 19.0 Å². The second-order valence-corrected chi connectivity index (χ2v) is 3.59. The van der Waals surface area contributed by atoms with Crippen molar-refractivity contribution in [3.8, 4) is 11.5 Å². The molecule has 7 heteroatoms. The van der Waals surface area contributed by atoms with Gasteiger partial charge in [0.05, 0.1) is 36.9 Å². The lowest BCUT2D eigenvalue weighted by Crippen LogP contribution is -2.08. The first-order chi connectivity index (χ1) is 9.13. The quantitative estimate of drug-likeness (QED) is 0.438. The molecule has 0 aliphatic carbocycles. The van der Waals surface area contributed by atoms with Gasteiger partial charge in [-0.1, -0.05) is 0 Å². The molecule has 0 spiro atoms. The molecule has 0 radical (unpaired) electrons. The Morgan fingerprint density at radius 1 is 1.32 bits per heavy atom. The van der Waals surface area contributed by atoms with E-state index in [0.717, 1.165) is 0 Å². The molecule has 0 fully saturated rings. The summed E-state index contributed by atoms with van der Waals surface area (Å²) in [5.41, 5.74) is -0.0197. The second kappa shape index (κ2) is 7.55. The Morgan fingerprint density at radius 2 is 2.05 bits per heavy atom. The number of benzene rings is 1. The van der Waals surface area contributed by atoms with Crippen LogP contribution in [0.25, 0.3) is 0 Å². The van der Waals surface area contributed by atoms with Gasteiger partial charge in [0.1, 0.15) is 6.61 Å². The largest absolute Gasteiger partial charge is 0.493 e. The second-order valence-electron chi connectivity index (χ2n) is 3.59. The van der Waals surface area contributed by atoms with Crippen LogP contribution < -0.4 is 9.47 Å². The van der Waals surface area contributed by atoms with Gasteiger partial charge in [-0.25, -0.2) is 0 Å². The van der Waals surface area contributed by atoms with E-state index < -0.39 is 11.5 Å². The molecule has 1 aromatic rings. The van der Waals surface area contributed by atoms with Crippen molar-refractivity contribution in [2.75, 3.05) is 26.9 Å². The van der Waals surface area contributed by atoms with Crippen molar-refractivity contribution in [2.45, 2.75) is 13.5 Å². The Kier molecular flexibility index (Phi) is 6.04. The number of rotatable bonds is 8. The molecule has 106 valence electrons. The number of hydrogen-bond acceptors (Lipinski definition) is 6. The standard InChI is InChI=1S/C12H17NO6/c1-3-18-4-5-19-12-7-10(13(15)16)9(8-14)6-11(12)17-2/h6-7,14H,3-5,8H2,1-2H3. The molecule has 1 N–H and O–H groups in total. The van der Waals surface area contributed by atoms with Crippen LogP contribution >= 0.6 is 0 Å². The van der Waals surface area contributed by atoms with Crippen LogP contribution in [0.5, 0.6) is 11.5 Å². The van der Waals surface area contributed by atoms with Crippen LogP contribution in [0.15, 0.2) is 12.1 Å². The number of nitrogens with zero attached hydrogens (tertiary/aromatic N) is 1. The first-order valence-electron chi connectivity index (χ1n) is 5.80. The van der Waals surface area contributed by atoms with Crippen LogP contribution in [0.1, 0.15) is 12.5 Å². The summed E-state index contributed by atoms with van der Waals surface area (Å²) in [7, 11) is 1.43. The Morgan fingerprint density at radius 3 is 2.58 bits per heavy atom. The summed E-state index contributed by atoms with van der Waals surface area (Å²) in [4.78, 5) is 10.3. The van der Waals surface area contributed by atoms with Crippen LogP contribution in [0, 0.1) is 10.1 Å². The third-order valence-electron chi connectivity index (χ3n) is 2.42. The fraction of sp³-hybridized carbons (Fsp3) is 0.500. The maximum Gasteiger partial charge on any atom is 0.278 e. The summed E-state index contributed by atoms with van der Waals surface area (Å²) in [6.07, 6.45) is 0. The number of ether oxygens (including phenoxy) is 3. The number of hydrogen-bond donors (Lipinski definition) is 1. The van der Waals surface area contributed by atoms with E-state index in [2.05, 4.69) is 0 Å². The first-order valence-corrected chi connectivity index (χ1v) is 5.80. The Balaban J connectivity index is 2.94. The lowest BCUT2D eigenvalue weighted by atomic mass is 10.1. The Labute approximate surface area is 110 Å². The van der Waals surface area contributed by atoms with Crippen LogP contribution in [0.2, 0.25) is 0 Å². The summed E-state index contributed by atoms with van der Waals surface area (Å²) < 4.78 is 15.6. The third kappa shape index (κ3) is 4.08. The van der Waals surface area contributed by atoms with E-state index in [4.69, 9.17) is 19.3 Å². The van der Waals surface area contributed by atoms with Gasteiger partial charge < -0.3 is 19.3 Å².